The molecule has 0 aliphatic heterocycles. The topological polar surface area (TPSA) is 51.8 Å². The molecule has 2 aromatic heterocycles. The lowest BCUT2D eigenvalue weighted by molar-refractivity contribution is 1.10. The van der Waals surface area contributed by atoms with Crippen molar-refractivity contribution in [2.24, 2.45) is 0 Å². The van der Waals surface area contributed by atoms with Crippen molar-refractivity contribution < 1.29 is 0 Å². The highest BCUT2D eigenvalue weighted by molar-refractivity contribution is 6.31. The summed E-state index contributed by atoms with van der Waals surface area (Å²) in [4.78, 5) is 8.63. The van der Waals surface area contributed by atoms with E-state index >= 15 is 0 Å². The van der Waals surface area contributed by atoms with E-state index in [1.54, 1.807) is 6.20 Å². The average Bonchev–Trinajstić information content (AvgIpc) is 2.42. The maximum Gasteiger partial charge on any atom is 0.149 e. The minimum Gasteiger partial charge on any atom is -0.382 e. The Bertz CT molecular complexity index is 740. The number of fused-ring (bicyclic) bond motifs is 1. The zero-order valence-electron chi connectivity index (χ0n) is 10.2. The molecule has 3 nitrogen and oxygen atoms in total. The Morgan fingerprint density at radius 2 is 1.89 bits per heavy atom. The molecule has 2 N–H and O–H groups in total. The van der Waals surface area contributed by atoms with Crippen molar-refractivity contribution in [1.82, 2.24) is 9.97 Å². The third-order valence-corrected chi connectivity index (χ3v) is 3.39. The monoisotopic (exact) mass is 269 g/mol. The molecule has 3 aromatic rings. The van der Waals surface area contributed by atoms with Gasteiger partial charge in [-0.2, -0.15) is 0 Å². The summed E-state index contributed by atoms with van der Waals surface area (Å²) in [6.07, 6.45) is 2.37. The molecule has 0 saturated heterocycles. The second-order valence-corrected chi connectivity index (χ2v) is 4.75. The van der Waals surface area contributed by atoms with Gasteiger partial charge in [-0.05, 0) is 23.8 Å². The fraction of sp³-hybridized carbons (Fsp3) is 0.0667. The van der Waals surface area contributed by atoms with Gasteiger partial charge < -0.3 is 5.73 Å². The molecule has 2 heterocycles. The Kier molecular flexibility index (Phi) is 3.05. The van der Waals surface area contributed by atoms with Gasteiger partial charge in [0.15, 0.2) is 0 Å². The van der Waals surface area contributed by atoms with Crippen LogP contribution in [0.5, 0.6) is 0 Å². The number of aromatic nitrogens is 2. The first-order valence-electron chi connectivity index (χ1n) is 5.97. The molecule has 0 fully saturated rings. The van der Waals surface area contributed by atoms with Gasteiger partial charge in [0.25, 0.3) is 0 Å². The third kappa shape index (κ3) is 2.37. The van der Waals surface area contributed by atoms with Crippen LogP contribution in [0.15, 0.2) is 48.7 Å². The molecule has 0 radical (unpaired) electrons. The van der Waals surface area contributed by atoms with Crippen molar-refractivity contribution in [3.63, 3.8) is 0 Å². The van der Waals surface area contributed by atoms with E-state index in [2.05, 4.69) is 9.97 Å². The molecule has 3 rings (SSSR count). The molecule has 0 unspecified atom stereocenters. The van der Waals surface area contributed by atoms with Crippen LogP contribution in [0.25, 0.3) is 10.9 Å². The summed E-state index contributed by atoms with van der Waals surface area (Å²) in [5, 5.41) is 1.75. The lowest BCUT2D eigenvalue weighted by Crippen LogP contribution is -1.97. The summed E-state index contributed by atoms with van der Waals surface area (Å²) in [5.74, 6) is 0.457. The zero-order valence-corrected chi connectivity index (χ0v) is 10.9. The first-order chi connectivity index (χ1) is 9.24. The number of benzene rings is 1. The van der Waals surface area contributed by atoms with Gasteiger partial charge >= 0.3 is 0 Å². The van der Waals surface area contributed by atoms with E-state index in [4.69, 9.17) is 17.3 Å². The highest BCUT2D eigenvalue weighted by Gasteiger charge is 2.05. The smallest absolute Gasteiger partial charge is 0.149 e. The van der Waals surface area contributed by atoms with Crippen LogP contribution >= 0.6 is 11.6 Å². The number of pyridine rings is 2. The summed E-state index contributed by atoms with van der Waals surface area (Å²) < 4.78 is 0. The van der Waals surface area contributed by atoms with Gasteiger partial charge in [0.1, 0.15) is 11.3 Å². The molecule has 0 amide bonds. The van der Waals surface area contributed by atoms with Crippen LogP contribution < -0.4 is 5.73 Å². The molecule has 0 atom stereocenters. The van der Waals surface area contributed by atoms with Crippen molar-refractivity contribution in [3.05, 3.63) is 64.9 Å². The number of anilines is 1. The molecular weight excluding hydrogens is 258 g/mol. The molecule has 19 heavy (non-hydrogen) atoms. The summed E-state index contributed by atoms with van der Waals surface area (Å²) in [6, 6.07) is 13.7. The fourth-order valence-electron chi connectivity index (χ4n) is 2.04. The quantitative estimate of drug-likeness (QED) is 0.775. The van der Waals surface area contributed by atoms with Crippen LogP contribution in [-0.4, -0.2) is 9.97 Å². The van der Waals surface area contributed by atoms with Crippen LogP contribution in [0.2, 0.25) is 5.02 Å². The predicted octanol–water partition coefficient (Wildman–Crippen LogP) is 3.46. The van der Waals surface area contributed by atoms with Gasteiger partial charge in [-0.25, -0.2) is 9.97 Å². The van der Waals surface area contributed by atoms with E-state index in [-0.39, 0.29) is 0 Å². The lowest BCUT2D eigenvalue weighted by Gasteiger charge is -2.06. The van der Waals surface area contributed by atoms with Crippen LogP contribution in [-0.2, 0) is 6.42 Å². The third-order valence-electron chi connectivity index (χ3n) is 3.02. The SMILES string of the molecule is Nc1nccc2ccc(Cc3ccccc3Cl)nc12. The Labute approximate surface area is 116 Å². The van der Waals surface area contributed by atoms with E-state index in [9.17, 15) is 0 Å². The first kappa shape index (κ1) is 11.9. The van der Waals surface area contributed by atoms with Crippen molar-refractivity contribution in [1.29, 1.82) is 0 Å². The number of nitrogens with zero attached hydrogens (tertiary/aromatic N) is 2. The maximum atomic E-state index is 6.16. The number of rotatable bonds is 2. The van der Waals surface area contributed by atoms with Crippen LogP contribution in [0.4, 0.5) is 5.82 Å². The van der Waals surface area contributed by atoms with Gasteiger partial charge in [0.2, 0.25) is 0 Å². The van der Waals surface area contributed by atoms with E-state index in [0.29, 0.717) is 12.2 Å². The van der Waals surface area contributed by atoms with E-state index < -0.39 is 0 Å². The molecule has 0 aliphatic carbocycles. The van der Waals surface area contributed by atoms with Crippen molar-refractivity contribution in [2.45, 2.75) is 6.42 Å². The van der Waals surface area contributed by atoms with Crippen LogP contribution in [0, 0.1) is 0 Å². The van der Waals surface area contributed by atoms with Crippen molar-refractivity contribution in [3.8, 4) is 0 Å². The van der Waals surface area contributed by atoms with Gasteiger partial charge in [-0.15, -0.1) is 0 Å². The summed E-state index contributed by atoms with van der Waals surface area (Å²) in [5.41, 5.74) is 8.58. The molecule has 0 spiro atoms. The highest BCUT2D eigenvalue weighted by Crippen LogP contribution is 2.21. The summed E-state index contributed by atoms with van der Waals surface area (Å²) >= 11 is 6.16. The zero-order chi connectivity index (χ0) is 13.2. The normalized spacial score (nSPS) is 10.8. The minimum atomic E-state index is 0.457. The van der Waals surface area contributed by atoms with E-state index in [1.807, 2.05) is 42.5 Å². The number of nitrogen functional groups attached to an aromatic ring is 1. The Morgan fingerprint density at radius 3 is 2.74 bits per heavy atom. The molecule has 94 valence electrons. The van der Waals surface area contributed by atoms with Crippen molar-refractivity contribution >= 4 is 28.3 Å². The molecule has 1 aromatic carbocycles. The average molecular weight is 270 g/mol. The standard InChI is InChI=1S/C15H12ClN3/c16-13-4-2-1-3-11(13)9-12-6-5-10-7-8-18-15(17)14(10)19-12/h1-8H,9H2,(H2,17,18). The molecule has 0 saturated carbocycles. The Hall–Kier alpha value is -2.13. The van der Waals surface area contributed by atoms with Crippen LogP contribution in [0.3, 0.4) is 0 Å². The second-order valence-electron chi connectivity index (χ2n) is 4.34. The van der Waals surface area contributed by atoms with Crippen LogP contribution in [0.1, 0.15) is 11.3 Å². The second kappa shape index (κ2) is 4.86. The van der Waals surface area contributed by atoms with E-state index in [0.717, 1.165) is 27.2 Å². The molecule has 0 bridgehead atoms. The van der Waals surface area contributed by atoms with E-state index in [1.165, 1.54) is 0 Å². The minimum absolute atomic E-state index is 0.457. The predicted molar refractivity (Wildman–Crippen MR) is 78.2 cm³/mol. The number of nitrogens with two attached hydrogens (primary N) is 1. The largest absolute Gasteiger partial charge is 0.382 e. The Balaban J connectivity index is 2.02. The van der Waals surface area contributed by atoms with Gasteiger partial charge in [-0.1, -0.05) is 35.9 Å². The highest BCUT2D eigenvalue weighted by atomic mass is 35.5. The van der Waals surface area contributed by atoms with Gasteiger partial charge in [-0.3, -0.25) is 0 Å². The van der Waals surface area contributed by atoms with Crippen molar-refractivity contribution in [2.75, 3.05) is 5.73 Å². The number of hydrogen-bond acceptors (Lipinski definition) is 3. The lowest BCUT2D eigenvalue weighted by atomic mass is 10.1. The molecule has 0 aliphatic rings. The number of hydrogen-bond donors (Lipinski definition) is 1. The summed E-state index contributed by atoms with van der Waals surface area (Å²) in [6.45, 7) is 0. The molecule has 4 heteroatoms. The Morgan fingerprint density at radius 1 is 1.05 bits per heavy atom. The maximum absolute atomic E-state index is 6.16. The summed E-state index contributed by atoms with van der Waals surface area (Å²) in [7, 11) is 0. The van der Waals surface area contributed by atoms with Gasteiger partial charge in [0.05, 0.1) is 0 Å². The first-order valence-corrected chi connectivity index (χ1v) is 6.35. The number of halogens is 1. The molecular formula is C15H12ClN3. The van der Waals surface area contributed by atoms with Gasteiger partial charge in [0, 0.05) is 28.7 Å². The fourth-order valence-corrected chi connectivity index (χ4v) is 2.25.